The lowest BCUT2D eigenvalue weighted by Gasteiger charge is -2.08. The number of benzene rings is 1. The molecule has 0 fully saturated rings. The molecule has 134 valence electrons. The molecule has 2 N–H and O–H groups in total. The highest BCUT2D eigenvalue weighted by Crippen LogP contribution is 2.28. The van der Waals surface area contributed by atoms with Gasteiger partial charge in [-0.05, 0) is 25.1 Å². The summed E-state index contributed by atoms with van der Waals surface area (Å²) in [7, 11) is 0. The molecule has 0 radical (unpaired) electrons. The zero-order valence-corrected chi connectivity index (χ0v) is 14.1. The van der Waals surface area contributed by atoms with Crippen molar-refractivity contribution in [3.05, 3.63) is 76.1 Å². The highest BCUT2D eigenvalue weighted by molar-refractivity contribution is 6.12. The lowest BCUT2D eigenvalue weighted by atomic mass is 10.0. The summed E-state index contributed by atoms with van der Waals surface area (Å²) < 4.78 is 19.4. The number of rotatable bonds is 3. The van der Waals surface area contributed by atoms with Gasteiger partial charge in [-0.25, -0.2) is 9.37 Å². The zero-order valence-electron chi connectivity index (χ0n) is 14.1. The Kier molecular flexibility index (Phi) is 4.00. The number of fused-ring (bicyclic) bond motifs is 1. The van der Waals surface area contributed by atoms with Gasteiger partial charge in [0.15, 0.2) is 0 Å². The third-order valence-electron chi connectivity index (χ3n) is 4.08. The van der Waals surface area contributed by atoms with Crippen molar-refractivity contribution >= 4 is 22.7 Å². The van der Waals surface area contributed by atoms with E-state index in [0.29, 0.717) is 11.1 Å². The third-order valence-corrected chi connectivity index (χ3v) is 4.08. The lowest BCUT2D eigenvalue weighted by molar-refractivity contribution is 0.102. The van der Waals surface area contributed by atoms with E-state index < -0.39 is 11.7 Å². The Labute approximate surface area is 151 Å². The second-order valence-electron chi connectivity index (χ2n) is 5.86. The summed E-state index contributed by atoms with van der Waals surface area (Å²) in [6, 6.07) is 8.83. The van der Waals surface area contributed by atoms with Gasteiger partial charge in [-0.3, -0.25) is 9.59 Å². The SMILES string of the molecule is Cc1noc2nc(-c3ccccc3F)cc(C(=O)Nc3c[nH]ccc3=O)c12. The summed E-state index contributed by atoms with van der Waals surface area (Å²) >= 11 is 0. The van der Waals surface area contributed by atoms with Crippen LogP contribution < -0.4 is 10.7 Å². The molecule has 1 amide bonds. The number of pyridine rings is 2. The maximum atomic E-state index is 14.2. The molecule has 4 rings (SSSR count). The van der Waals surface area contributed by atoms with Crippen molar-refractivity contribution in [2.24, 2.45) is 0 Å². The van der Waals surface area contributed by atoms with E-state index in [2.05, 4.69) is 20.4 Å². The first-order chi connectivity index (χ1) is 13.0. The van der Waals surface area contributed by atoms with Crippen LogP contribution in [0.15, 0.2) is 58.1 Å². The molecule has 7 nitrogen and oxygen atoms in total. The highest BCUT2D eigenvalue weighted by Gasteiger charge is 2.21. The van der Waals surface area contributed by atoms with Crippen LogP contribution in [0.4, 0.5) is 10.1 Å². The van der Waals surface area contributed by atoms with Crippen molar-refractivity contribution in [3.8, 4) is 11.3 Å². The number of aryl methyl sites for hydroxylation is 1. The standard InChI is InChI=1S/C19H13FN4O3/c1-10-17-12(18(26)22-15-9-21-7-6-16(15)25)8-14(23-19(17)27-24-10)11-4-2-3-5-13(11)20/h2-9H,1H3,(H,21,25)(H,22,26). The van der Waals surface area contributed by atoms with Crippen LogP contribution in [0.25, 0.3) is 22.4 Å². The minimum absolute atomic E-state index is 0.0917. The summed E-state index contributed by atoms with van der Waals surface area (Å²) in [4.78, 5) is 31.7. The van der Waals surface area contributed by atoms with Crippen molar-refractivity contribution in [1.29, 1.82) is 0 Å². The fourth-order valence-corrected chi connectivity index (χ4v) is 2.78. The number of nitrogens with zero attached hydrogens (tertiary/aromatic N) is 2. The maximum absolute atomic E-state index is 14.2. The van der Waals surface area contributed by atoms with Crippen molar-refractivity contribution in [2.45, 2.75) is 6.92 Å². The predicted molar refractivity (Wildman–Crippen MR) is 97.0 cm³/mol. The molecule has 0 aliphatic rings. The predicted octanol–water partition coefficient (Wildman–Crippen LogP) is 3.28. The average Bonchev–Trinajstić information content (AvgIpc) is 3.04. The normalized spacial score (nSPS) is 10.9. The molecule has 0 atom stereocenters. The van der Waals surface area contributed by atoms with Crippen LogP contribution in [0.1, 0.15) is 16.1 Å². The van der Waals surface area contributed by atoms with Crippen LogP contribution in [0, 0.1) is 12.7 Å². The van der Waals surface area contributed by atoms with Crippen molar-refractivity contribution in [2.75, 3.05) is 5.32 Å². The van der Waals surface area contributed by atoms with Crippen LogP contribution in [-0.4, -0.2) is 21.0 Å². The largest absolute Gasteiger partial charge is 0.366 e. The molecule has 3 aromatic heterocycles. The number of hydrogen-bond acceptors (Lipinski definition) is 5. The van der Waals surface area contributed by atoms with Gasteiger partial charge in [-0.2, -0.15) is 0 Å². The molecule has 0 bridgehead atoms. The van der Waals surface area contributed by atoms with Gasteiger partial charge >= 0.3 is 0 Å². The number of anilines is 1. The first-order valence-corrected chi connectivity index (χ1v) is 8.05. The number of nitrogens with one attached hydrogen (secondary N) is 2. The number of hydrogen-bond donors (Lipinski definition) is 2. The van der Waals surface area contributed by atoms with E-state index in [-0.39, 0.29) is 33.7 Å². The Hall–Kier alpha value is -3.81. The topological polar surface area (TPSA) is 101 Å². The van der Waals surface area contributed by atoms with E-state index >= 15 is 0 Å². The Bertz CT molecular complexity index is 1230. The van der Waals surface area contributed by atoms with Crippen LogP contribution >= 0.6 is 0 Å². The third kappa shape index (κ3) is 2.97. The second kappa shape index (κ2) is 6.49. The Balaban J connectivity index is 1.87. The summed E-state index contributed by atoms with van der Waals surface area (Å²) in [5.41, 5.74) is 0.951. The first kappa shape index (κ1) is 16.6. The van der Waals surface area contributed by atoms with Crippen molar-refractivity contribution in [1.82, 2.24) is 15.1 Å². The Morgan fingerprint density at radius 3 is 2.85 bits per heavy atom. The van der Waals surface area contributed by atoms with Crippen molar-refractivity contribution < 1.29 is 13.7 Å². The number of aromatic nitrogens is 3. The minimum atomic E-state index is -0.553. The summed E-state index contributed by atoms with van der Waals surface area (Å²) in [5.74, 6) is -1.03. The molecular formula is C19H13FN4O3. The summed E-state index contributed by atoms with van der Waals surface area (Å²) in [6.45, 7) is 1.67. The van der Waals surface area contributed by atoms with E-state index in [1.807, 2.05) is 0 Å². The summed E-state index contributed by atoms with van der Waals surface area (Å²) in [6.07, 6.45) is 2.85. The van der Waals surface area contributed by atoms with E-state index in [1.54, 1.807) is 25.1 Å². The second-order valence-corrected chi connectivity index (χ2v) is 5.86. The van der Waals surface area contributed by atoms with Crippen molar-refractivity contribution in [3.63, 3.8) is 0 Å². The Morgan fingerprint density at radius 2 is 2.07 bits per heavy atom. The van der Waals surface area contributed by atoms with Crippen LogP contribution in [0.3, 0.4) is 0 Å². The molecule has 0 saturated carbocycles. The van der Waals surface area contributed by atoms with Gasteiger partial charge in [0.2, 0.25) is 5.43 Å². The molecular weight excluding hydrogens is 351 g/mol. The molecule has 1 aromatic carbocycles. The minimum Gasteiger partial charge on any atom is -0.366 e. The van der Waals surface area contributed by atoms with Gasteiger partial charge in [-0.15, -0.1) is 0 Å². The maximum Gasteiger partial charge on any atom is 0.259 e. The van der Waals surface area contributed by atoms with E-state index in [4.69, 9.17) is 4.52 Å². The molecule has 4 aromatic rings. The molecule has 0 spiro atoms. The molecule has 27 heavy (non-hydrogen) atoms. The molecule has 0 saturated heterocycles. The van der Waals surface area contributed by atoms with Gasteiger partial charge in [0.05, 0.1) is 22.3 Å². The number of aromatic amines is 1. The molecule has 8 heteroatoms. The van der Waals surface area contributed by atoms with Gasteiger partial charge < -0.3 is 14.8 Å². The molecule has 0 unspecified atom stereocenters. The van der Waals surface area contributed by atoms with E-state index in [0.717, 1.165) is 0 Å². The number of halogens is 1. The number of H-pyrrole nitrogens is 1. The van der Waals surface area contributed by atoms with Gasteiger partial charge in [0.25, 0.3) is 11.6 Å². The molecule has 0 aliphatic heterocycles. The zero-order chi connectivity index (χ0) is 19.0. The molecule has 3 heterocycles. The van der Waals surface area contributed by atoms with Gasteiger partial charge in [0.1, 0.15) is 11.5 Å². The first-order valence-electron chi connectivity index (χ1n) is 8.05. The fraction of sp³-hybridized carbons (Fsp3) is 0.0526. The monoisotopic (exact) mass is 364 g/mol. The van der Waals surface area contributed by atoms with Crippen LogP contribution in [0.2, 0.25) is 0 Å². The highest BCUT2D eigenvalue weighted by atomic mass is 19.1. The van der Waals surface area contributed by atoms with E-state index in [1.165, 1.54) is 30.6 Å². The fourth-order valence-electron chi connectivity index (χ4n) is 2.78. The summed E-state index contributed by atoms with van der Waals surface area (Å²) in [5, 5.41) is 6.80. The van der Waals surface area contributed by atoms with Gasteiger partial charge in [0, 0.05) is 24.0 Å². The molecule has 0 aliphatic carbocycles. The van der Waals surface area contributed by atoms with Crippen LogP contribution in [-0.2, 0) is 0 Å². The number of carbonyl (C=O) groups excluding carboxylic acids is 1. The smallest absolute Gasteiger partial charge is 0.259 e. The lowest BCUT2D eigenvalue weighted by Crippen LogP contribution is -2.18. The number of carbonyl (C=O) groups is 1. The quantitative estimate of drug-likeness (QED) is 0.581. The van der Waals surface area contributed by atoms with Gasteiger partial charge in [-0.1, -0.05) is 17.3 Å². The Morgan fingerprint density at radius 1 is 1.26 bits per heavy atom. The van der Waals surface area contributed by atoms with E-state index in [9.17, 15) is 14.0 Å². The number of amides is 1. The average molecular weight is 364 g/mol. The van der Waals surface area contributed by atoms with Crippen LogP contribution in [0.5, 0.6) is 0 Å².